The smallest absolute Gasteiger partial charge is 0.224 e. The minimum atomic E-state index is -0.230. The van der Waals surface area contributed by atoms with Crippen molar-refractivity contribution < 1.29 is 9.90 Å². The van der Waals surface area contributed by atoms with Gasteiger partial charge in [-0.15, -0.1) is 0 Å². The zero-order valence-corrected chi connectivity index (χ0v) is 14.9. The Morgan fingerprint density at radius 2 is 1.76 bits per heavy atom. The Morgan fingerprint density at radius 1 is 1.12 bits per heavy atom. The molecule has 0 bridgehead atoms. The standard InChI is InChI=1S/C21H26N2O2/c1-23(2)18-10-8-15(9-11-18)12-20(25)22-21(17-13-19(24)14-17)16-6-4-3-5-7-16/h3-11,17,19,21,24H,12-14H2,1-2H3,(H,22,25). The molecule has 0 aromatic heterocycles. The van der Waals surface area contributed by atoms with E-state index in [9.17, 15) is 9.90 Å². The third-order valence-corrected chi connectivity index (χ3v) is 4.91. The number of carbonyl (C=O) groups is 1. The first-order valence-corrected chi connectivity index (χ1v) is 8.81. The predicted octanol–water partition coefficient (Wildman–Crippen LogP) is 2.92. The average molecular weight is 338 g/mol. The molecule has 1 aliphatic rings. The topological polar surface area (TPSA) is 52.6 Å². The van der Waals surface area contributed by atoms with E-state index in [1.165, 1.54) is 0 Å². The van der Waals surface area contributed by atoms with Crippen LogP contribution in [0.3, 0.4) is 0 Å². The molecule has 1 saturated carbocycles. The van der Waals surface area contributed by atoms with Crippen LogP contribution in [0.4, 0.5) is 5.69 Å². The third-order valence-electron chi connectivity index (χ3n) is 4.91. The van der Waals surface area contributed by atoms with Crippen LogP contribution in [0, 0.1) is 5.92 Å². The summed E-state index contributed by atoms with van der Waals surface area (Å²) in [5.41, 5.74) is 3.23. The van der Waals surface area contributed by atoms with Gasteiger partial charge in [-0.2, -0.15) is 0 Å². The quantitative estimate of drug-likeness (QED) is 0.851. The number of nitrogens with zero attached hydrogens (tertiary/aromatic N) is 1. The Balaban J connectivity index is 1.66. The Bertz CT molecular complexity index is 692. The zero-order valence-electron chi connectivity index (χ0n) is 14.9. The molecule has 1 aliphatic carbocycles. The number of carbonyl (C=O) groups excluding carboxylic acids is 1. The van der Waals surface area contributed by atoms with E-state index < -0.39 is 0 Å². The van der Waals surface area contributed by atoms with Crippen molar-refractivity contribution in [2.75, 3.05) is 19.0 Å². The summed E-state index contributed by atoms with van der Waals surface area (Å²) in [6, 6.07) is 18.1. The summed E-state index contributed by atoms with van der Waals surface area (Å²) in [6.45, 7) is 0. The van der Waals surface area contributed by atoms with Crippen LogP contribution in [0.15, 0.2) is 54.6 Å². The molecule has 1 fully saturated rings. The van der Waals surface area contributed by atoms with Crippen molar-refractivity contribution >= 4 is 11.6 Å². The molecule has 25 heavy (non-hydrogen) atoms. The number of amides is 1. The molecule has 0 radical (unpaired) electrons. The van der Waals surface area contributed by atoms with E-state index in [0.717, 1.165) is 29.7 Å². The molecule has 0 aliphatic heterocycles. The van der Waals surface area contributed by atoms with Crippen LogP contribution >= 0.6 is 0 Å². The molecule has 2 aromatic carbocycles. The van der Waals surface area contributed by atoms with Gasteiger partial charge in [-0.05, 0) is 42.0 Å². The van der Waals surface area contributed by atoms with Crippen LogP contribution in [0.1, 0.15) is 30.0 Å². The first kappa shape index (κ1) is 17.5. The lowest BCUT2D eigenvalue weighted by Gasteiger charge is -2.38. The van der Waals surface area contributed by atoms with Crippen molar-refractivity contribution in [1.82, 2.24) is 5.32 Å². The lowest BCUT2D eigenvalue weighted by molar-refractivity contribution is -0.122. The van der Waals surface area contributed by atoms with E-state index in [-0.39, 0.29) is 18.1 Å². The Hall–Kier alpha value is -2.33. The van der Waals surface area contributed by atoms with E-state index >= 15 is 0 Å². The van der Waals surface area contributed by atoms with E-state index in [0.29, 0.717) is 12.3 Å². The number of aliphatic hydroxyl groups is 1. The van der Waals surface area contributed by atoms with Crippen LogP contribution in [0.5, 0.6) is 0 Å². The molecular weight excluding hydrogens is 312 g/mol. The summed E-state index contributed by atoms with van der Waals surface area (Å²) in [6.07, 6.45) is 1.63. The highest BCUT2D eigenvalue weighted by Crippen LogP contribution is 2.38. The summed E-state index contributed by atoms with van der Waals surface area (Å²) in [7, 11) is 4.00. The number of nitrogens with one attached hydrogen (secondary N) is 1. The molecule has 132 valence electrons. The van der Waals surface area contributed by atoms with Crippen molar-refractivity contribution in [1.29, 1.82) is 0 Å². The SMILES string of the molecule is CN(C)c1ccc(CC(=O)NC(c2ccccc2)C2CC(O)C2)cc1. The minimum Gasteiger partial charge on any atom is -0.393 e. The molecule has 2 aromatic rings. The third kappa shape index (κ3) is 4.40. The van der Waals surface area contributed by atoms with Crippen molar-refractivity contribution in [3.8, 4) is 0 Å². The van der Waals surface area contributed by atoms with Crippen LogP contribution < -0.4 is 10.2 Å². The highest BCUT2D eigenvalue weighted by molar-refractivity contribution is 5.79. The molecule has 0 saturated heterocycles. The maximum atomic E-state index is 12.6. The molecule has 4 nitrogen and oxygen atoms in total. The lowest BCUT2D eigenvalue weighted by Crippen LogP contribution is -2.41. The Kier molecular flexibility index (Phi) is 5.39. The van der Waals surface area contributed by atoms with Gasteiger partial charge >= 0.3 is 0 Å². The first-order valence-electron chi connectivity index (χ1n) is 8.81. The van der Waals surface area contributed by atoms with Crippen LogP contribution in [0.2, 0.25) is 0 Å². The fraction of sp³-hybridized carbons (Fsp3) is 0.381. The lowest BCUT2D eigenvalue weighted by atomic mass is 9.75. The fourth-order valence-electron chi connectivity index (χ4n) is 3.36. The van der Waals surface area contributed by atoms with Gasteiger partial charge in [0.2, 0.25) is 5.91 Å². The van der Waals surface area contributed by atoms with Gasteiger partial charge in [0.25, 0.3) is 0 Å². The molecule has 1 unspecified atom stereocenters. The van der Waals surface area contributed by atoms with Gasteiger partial charge in [0.05, 0.1) is 18.6 Å². The maximum Gasteiger partial charge on any atom is 0.224 e. The minimum absolute atomic E-state index is 0.0212. The molecule has 2 N–H and O–H groups in total. The number of hydrogen-bond acceptors (Lipinski definition) is 3. The predicted molar refractivity (Wildman–Crippen MR) is 101 cm³/mol. The molecule has 0 heterocycles. The van der Waals surface area contributed by atoms with Gasteiger partial charge in [-0.25, -0.2) is 0 Å². The number of rotatable bonds is 6. The monoisotopic (exact) mass is 338 g/mol. The van der Waals surface area contributed by atoms with Gasteiger partial charge in [0.1, 0.15) is 0 Å². The molecule has 1 amide bonds. The summed E-state index contributed by atoms with van der Waals surface area (Å²) < 4.78 is 0. The highest BCUT2D eigenvalue weighted by Gasteiger charge is 2.35. The number of benzene rings is 2. The second-order valence-corrected chi connectivity index (χ2v) is 7.08. The summed E-state index contributed by atoms with van der Waals surface area (Å²) >= 11 is 0. The fourth-order valence-corrected chi connectivity index (χ4v) is 3.36. The molecule has 4 heteroatoms. The molecule has 3 rings (SSSR count). The average Bonchev–Trinajstić information content (AvgIpc) is 2.58. The zero-order chi connectivity index (χ0) is 17.8. The van der Waals surface area contributed by atoms with Gasteiger partial charge in [-0.3, -0.25) is 4.79 Å². The summed E-state index contributed by atoms with van der Waals surface area (Å²) in [4.78, 5) is 14.6. The van der Waals surface area contributed by atoms with E-state index in [4.69, 9.17) is 0 Å². The first-order chi connectivity index (χ1) is 12.0. The Labute approximate surface area is 149 Å². The second-order valence-electron chi connectivity index (χ2n) is 7.08. The number of aliphatic hydroxyl groups excluding tert-OH is 1. The van der Waals surface area contributed by atoms with Crippen LogP contribution in [0.25, 0.3) is 0 Å². The van der Waals surface area contributed by atoms with E-state index in [1.54, 1.807) is 0 Å². The summed E-state index contributed by atoms with van der Waals surface area (Å²) in [5.74, 6) is 0.324. The van der Waals surface area contributed by atoms with Crippen molar-refractivity contribution in [3.05, 3.63) is 65.7 Å². The van der Waals surface area contributed by atoms with Crippen LogP contribution in [-0.4, -0.2) is 31.2 Å². The van der Waals surface area contributed by atoms with Gasteiger partial charge < -0.3 is 15.3 Å². The van der Waals surface area contributed by atoms with Gasteiger partial charge in [0, 0.05) is 19.8 Å². The molecule has 0 spiro atoms. The van der Waals surface area contributed by atoms with E-state index in [2.05, 4.69) is 5.32 Å². The van der Waals surface area contributed by atoms with Crippen LogP contribution in [-0.2, 0) is 11.2 Å². The maximum absolute atomic E-state index is 12.6. The summed E-state index contributed by atoms with van der Waals surface area (Å²) in [5, 5.41) is 12.8. The molecule has 1 atom stereocenters. The van der Waals surface area contributed by atoms with Crippen molar-refractivity contribution in [2.45, 2.75) is 31.4 Å². The Morgan fingerprint density at radius 3 is 2.32 bits per heavy atom. The number of anilines is 1. The largest absolute Gasteiger partial charge is 0.393 e. The van der Waals surface area contributed by atoms with Gasteiger partial charge in [-0.1, -0.05) is 42.5 Å². The van der Waals surface area contributed by atoms with Crippen molar-refractivity contribution in [3.63, 3.8) is 0 Å². The second kappa shape index (κ2) is 7.70. The number of hydrogen-bond donors (Lipinski definition) is 2. The van der Waals surface area contributed by atoms with E-state index in [1.807, 2.05) is 73.6 Å². The van der Waals surface area contributed by atoms with Crippen molar-refractivity contribution in [2.24, 2.45) is 5.92 Å². The highest BCUT2D eigenvalue weighted by atomic mass is 16.3. The van der Waals surface area contributed by atoms with Gasteiger partial charge in [0.15, 0.2) is 0 Å². The normalized spacial score (nSPS) is 20.4. The molecular formula is C21H26N2O2.